The molecule has 2 rings (SSSR count). The normalized spacial score (nSPS) is 9.79. The highest BCUT2D eigenvalue weighted by Gasteiger charge is 2.02. The van der Waals surface area contributed by atoms with Crippen molar-refractivity contribution < 1.29 is 9.13 Å². The fourth-order valence-electron chi connectivity index (χ4n) is 1.51. The zero-order valence-corrected chi connectivity index (χ0v) is 11.3. The van der Waals surface area contributed by atoms with Gasteiger partial charge in [-0.15, -0.1) is 0 Å². The van der Waals surface area contributed by atoms with Gasteiger partial charge in [-0.1, -0.05) is 23.7 Å². The Labute approximate surface area is 120 Å². The summed E-state index contributed by atoms with van der Waals surface area (Å²) in [5, 5.41) is 2.67. The van der Waals surface area contributed by atoms with Gasteiger partial charge in [0.15, 0.2) is 0 Å². The molecule has 0 bridgehead atoms. The number of hydrogen-bond acceptors (Lipinski definition) is 3. The van der Waals surface area contributed by atoms with Gasteiger partial charge < -0.3 is 4.74 Å². The highest BCUT2D eigenvalue weighted by Crippen LogP contribution is 2.29. The van der Waals surface area contributed by atoms with Gasteiger partial charge in [0, 0.05) is 6.07 Å². The molecule has 0 aromatic heterocycles. The first kappa shape index (κ1) is 13.7. The van der Waals surface area contributed by atoms with Crippen LogP contribution in [0.2, 0.25) is 5.02 Å². The summed E-state index contributed by atoms with van der Waals surface area (Å²) in [7, 11) is 0. The number of isothiocyanates is 1. The van der Waals surface area contributed by atoms with Crippen LogP contribution in [0.4, 0.5) is 10.1 Å². The summed E-state index contributed by atoms with van der Waals surface area (Å²) in [5.74, 6) is 0.294. The summed E-state index contributed by atoms with van der Waals surface area (Å²) in [6.45, 7) is 0.268. The molecule has 0 aliphatic rings. The summed E-state index contributed by atoms with van der Waals surface area (Å²) >= 11 is 10.5. The summed E-state index contributed by atoms with van der Waals surface area (Å²) in [4.78, 5) is 3.80. The minimum absolute atomic E-state index is 0.268. The number of ether oxygens (including phenoxy) is 1. The molecule has 0 fully saturated rings. The van der Waals surface area contributed by atoms with Crippen molar-refractivity contribution in [3.63, 3.8) is 0 Å². The number of thiocarbonyl (C=S) groups is 1. The third-order valence-corrected chi connectivity index (χ3v) is 2.77. The van der Waals surface area contributed by atoms with Crippen LogP contribution in [0.1, 0.15) is 5.56 Å². The van der Waals surface area contributed by atoms with Crippen molar-refractivity contribution in [2.24, 2.45) is 4.99 Å². The monoisotopic (exact) mass is 293 g/mol. The maximum Gasteiger partial charge on any atom is 0.123 e. The third kappa shape index (κ3) is 3.86. The van der Waals surface area contributed by atoms with E-state index in [9.17, 15) is 4.39 Å². The lowest BCUT2D eigenvalue weighted by Gasteiger charge is -2.07. The van der Waals surface area contributed by atoms with Gasteiger partial charge in [-0.05, 0) is 42.0 Å². The second kappa shape index (κ2) is 6.43. The predicted octanol–water partition coefficient (Wildman–Crippen LogP) is 4.79. The van der Waals surface area contributed by atoms with Crippen LogP contribution in [-0.2, 0) is 6.61 Å². The van der Waals surface area contributed by atoms with E-state index in [1.807, 2.05) is 0 Å². The Morgan fingerprint density at radius 3 is 2.79 bits per heavy atom. The molecule has 0 unspecified atom stereocenters. The topological polar surface area (TPSA) is 21.6 Å². The van der Waals surface area contributed by atoms with Crippen molar-refractivity contribution >= 4 is 34.7 Å². The van der Waals surface area contributed by atoms with Crippen molar-refractivity contribution in [1.82, 2.24) is 0 Å². The standard InChI is InChI=1S/C14H9ClFNOS/c15-13-7-12(4-5-14(13)17-9-19)18-8-10-2-1-3-11(16)6-10/h1-7H,8H2. The van der Waals surface area contributed by atoms with Crippen LogP contribution < -0.4 is 4.74 Å². The van der Waals surface area contributed by atoms with Crippen LogP contribution in [0.3, 0.4) is 0 Å². The largest absolute Gasteiger partial charge is 0.489 e. The molecule has 0 N–H and O–H groups in total. The van der Waals surface area contributed by atoms with Crippen LogP contribution in [0, 0.1) is 5.82 Å². The predicted molar refractivity (Wildman–Crippen MR) is 76.9 cm³/mol. The molecule has 0 radical (unpaired) electrons. The first-order chi connectivity index (χ1) is 9.19. The SMILES string of the molecule is Fc1cccc(COc2ccc(N=C=S)c(Cl)c2)c1. The minimum Gasteiger partial charge on any atom is -0.489 e. The Bertz CT molecular complexity index is 641. The minimum atomic E-state index is -0.287. The molecule has 2 aromatic carbocycles. The molecule has 0 saturated carbocycles. The average molecular weight is 294 g/mol. The molecule has 0 atom stereocenters. The molecule has 0 aliphatic heterocycles. The number of hydrogen-bond donors (Lipinski definition) is 0. The van der Waals surface area contributed by atoms with Gasteiger partial charge in [-0.25, -0.2) is 4.39 Å². The molecule has 0 aliphatic carbocycles. The Morgan fingerprint density at radius 1 is 1.26 bits per heavy atom. The van der Waals surface area contributed by atoms with Crippen LogP contribution in [0.25, 0.3) is 0 Å². The van der Waals surface area contributed by atoms with Gasteiger partial charge in [0.2, 0.25) is 0 Å². The molecular weight excluding hydrogens is 285 g/mol. The maximum absolute atomic E-state index is 13.0. The van der Waals surface area contributed by atoms with Gasteiger partial charge in [0.1, 0.15) is 18.2 Å². The number of benzene rings is 2. The van der Waals surface area contributed by atoms with Crippen molar-refractivity contribution in [3.8, 4) is 5.75 Å². The summed E-state index contributed by atoms with van der Waals surface area (Å²) in [5.41, 5.74) is 1.28. The van der Waals surface area contributed by atoms with E-state index in [-0.39, 0.29) is 12.4 Å². The summed E-state index contributed by atoms with van der Waals surface area (Å²) in [6.07, 6.45) is 0. The van der Waals surface area contributed by atoms with E-state index in [4.69, 9.17) is 16.3 Å². The highest BCUT2D eigenvalue weighted by atomic mass is 35.5. The molecular formula is C14H9ClFNOS. The first-order valence-corrected chi connectivity index (χ1v) is 6.22. The number of rotatable bonds is 4. The van der Waals surface area contributed by atoms with Gasteiger partial charge >= 0.3 is 0 Å². The van der Waals surface area contributed by atoms with E-state index >= 15 is 0 Å². The summed E-state index contributed by atoms with van der Waals surface area (Å²) < 4.78 is 18.5. The zero-order valence-electron chi connectivity index (χ0n) is 9.77. The Balaban J connectivity index is 2.08. The lowest BCUT2D eigenvalue weighted by molar-refractivity contribution is 0.305. The van der Waals surface area contributed by atoms with Crippen LogP contribution in [-0.4, -0.2) is 5.16 Å². The molecule has 5 heteroatoms. The molecule has 0 saturated heterocycles. The smallest absolute Gasteiger partial charge is 0.123 e. The van der Waals surface area contributed by atoms with Crippen molar-refractivity contribution in [2.45, 2.75) is 6.61 Å². The van der Waals surface area contributed by atoms with Crippen molar-refractivity contribution in [2.75, 3.05) is 0 Å². The van der Waals surface area contributed by atoms with E-state index in [0.717, 1.165) is 5.56 Å². The fraction of sp³-hybridized carbons (Fsp3) is 0.0714. The quantitative estimate of drug-likeness (QED) is 0.597. The zero-order chi connectivity index (χ0) is 13.7. The van der Waals surface area contributed by atoms with Gasteiger partial charge in [-0.2, -0.15) is 4.99 Å². The lowest BCUT2D eigenvalue weighted by Crippen LogP contribution is -1.95. The third-order valence-electron chi connectivity index (χ3n) is 2.38. The van der Waals surface area contributed by atoms with E-state index < -0.39 is 0 Å². The Morgan fingerprint density at radius 2 is 2.11 bits per heavy atom. The highest BCUT2D eigenvalue weighted by molar-refractivity contribution is 7.78. The van der Waals surface area contributed by atoms with E-state index in [1.54, 1.807) is 30.3 Å². The Kier molecular flexibility index (Phi) is 4.63. The second-order valence-corrected chi connectivity index (χ2v) is 4.32. The summed E-state index contributed by atoms with van der Waals surface area (Å²) in [6, 6.07) is 11.3. The fourth-order valence-corrected chi connectivity index (χ4v) is 1.82. The average Bonchev–Trinajstić information content (AvgIpc) is 2.39. The molecule has 0 amide bonds. The maximum atomic E-state index is 13.0. The number of nitrogens with zero attached hydrogens (tertiary/aromatic N) is 1. The number of aliphatic imine (C=N–C) groups is 1. The molecule has 0 heterocycles. The van der Waals surface area contributed by atoms with Crippen LogP contribution in [0.15, 0.2) is 47.5 Å². The molecule has 96 valence electrons. The molecule has 2 aromatic rings. The first-order valence-electron chi connectivity index (χ1n) is 5.44. The second-order valence-electron chi connectivity index (χ2n) is 3.73. The van der Waals surface area contributed by atoms with Crippen LogP contribution >= 0.6 is 23.8 Å². The van der Waals surface area contributed by atoms with E-state index in [0.29, 0.717) is 16.5 Å². The van der Waals surface area contributed by atoms with Gasteiger partial charge in [-0.3, -0.25) is 0 Å². The lowest BCUT2D eigenvalue weighted by atomic mass is 10.2. The molecule has 19 heavy (non-hydrogen) atoms. The van der Waals surface area contributed by atoms with E-state index in [2.05, 4.69) is 22.4 Å². The molecule has 0 spiro atoms. The van der Waals surface area contributed by atoms with Gasteiger partial charge in [0.05, 0.1) is 15.9 Å². The van der Waals surface area contributed by atoms with Crippen LogP contribution in [0.5, 0.6) is 5.75 Å². The van der Waals surface area contributed by atoms with Crippen molar-refractivity contribution in [1.29, 1.82) is 0 Å². The van der Waals surface area contributed by atoms with Gasteiger partial charge in [0.25, 0.3) is 0 Å². The number of halogens is 2. The van der Waals surface area contributed by atoms with E-state index in [1.165, 1.54) is 12.1 Å². The van der Waals surface area contributed by atoms with Crippen molar-refractivity contribution in [3.05, 3.63) is 58.9 Å². The molecule has 2 nitrogen and oxygen atoms in total. The Hall–Kier alpha value is -1.74.